The van der Waals surface area contributed by atoms with Gasteiger partial charge in [-0.3, -0.25) is 14.4 Å². The highest BCUT2D eigenvalue weighted by atomic mass is 16.5. The molecule has 134 valence electrons. The van der Waals surface area contributed by atoms with Crippen LogP contribution in [0.5, 0.6) is 5.75 Å². The summed E-state index contributed by atoms with van der Waals surface area (Å²) in [7, 11) is 1.58. The van der Waals surface area contributed by atoms with Crippen LogP contribution in [-0.2, 0) is 14.4 Å². The van der Waals surface area contributed by atoms with Crippen LogP contribution in [0.4, 0.5) is 5.69 Å². The molecule has 25 heavy (non-hydrogen) atoms. The highest BCUT2D eigenvalue weighted by molar-refractivity contribution is 6.00. The number of likely N-dealkylation sites (tertiary alicyclic amines) is 1. The summed E-state index contributed by atoms with van der Waals surface area (Å²) in [6.07, 6.45) is 1.15. The summed E-state index contributed by atoms with van der Waals surface area (Å²) >= 11 is 0. The first-order chi connectivity index (χ1) is 12.0. The molecule has 1 aromatic carbocycles. The number of carbonyl (C=O) groups is 3. The lowest BCUT2D eigenvalue weighted by Gasteiger charge is -2.31. The standard InChI is InChI=1S/C18H22N2O5/c1-25-15-4-2-14(3-5-15)20-11-13(10-16(20)21)17(22)19-8-6-12(7-9-19)18(23)24/h2-5,12-13H,6-11H2,1H3,(H,23,24). The van der Waals surface area contributed by atoms with E-state index in [1.807, 2.05) is 12.1 Å². The average molecular weight is 346 g/mol. The molecule has 1 unspecified atom stereocenters. The van der Waals surface area contributed by atoms with Gasteiger partial charge < -0.3 is 19.6 Å². The fourth-order valence-corrected chi connectivity index (χ4v) is 3.49. The molecule has 0 aromatic heterocycles. The predicted octanol–water partition coefficient (Wildman–Crippen LogP) is 1.37. The number of benzene rings is 1. The summed E-state index contributed by atoms with van der Waals surface area (Å²) in [4.78, 5) is 39.3. The summed E-state index contributed by atoms with van der Waals surface area (Å²) < 4.78 is 5.12. The van der Waals surface area contributed by atoms with Gasteiger partial charge in [0.25, 0.3) is 0 Å². The second-order valence-electron chi connectivity index (χ2n) is 6.54. The maximum Gasteiger partial charge on any atom is 0.306 e. The van der Waals surface area contributed by atoms with Gasteiger partial charge in [0.1, 0.15) is 5.75 Å². The Labute approximate surface area is 146 Å². The monoisotopic (exact) mass is 346 g/mol. The number of anilines is 1. The van der Waals surface area contributed by atoms with Crippen LogP contribution in [0, 0.1) is 11.8 Å². The molecule has 0 radical (unpaired) electrons. The summed E-state index contributed by atoms with van der Waals surface area (Å²) in [6, 6.07) is 7.19. The van der Waals surface area contributed by atoms with Gasteiger partial charge in [0.15, 0.2) is 0 Å². The van der Waals surface area contributed by atoms with Crippen molar-refractivity contribution in [2.75, 3.05) is 31.6 Å². The van der Waals surface area contributed by atoms with Gasteiger partial charge in [-0.25, -0.2) is 0 Å². The van der Waals surface area contributed by atoms with E-state index in [1.165, 1.54) is 0 Å². The minimum absolute atomic E-state index is 0.0480. The van der Waals surface area contributed by atoms with Crippen molar-refractivity contribution in [3.05, 3.63) is 24.3 Å². The Morgan fingerprint density at radius 2 is 1.76 bits per heavy atom. The van der Waals surface area contributed by atoms with E-state index in [9.17, 15) is 14.4 Å². The van der Waals surface area contributed by atoms with Gasteiger partial charge >= 0.3 is 5.97 Å². The molecule has 1 atom stereocenters. The molecule has 2 aliphatic heterocycles. The maximum atomic E-state index is 12.7. The first kappa shape index (κ1) is 17.3. The topological polar surface area (TPSA) is 87.2 Å². The van der Waals surface area contributed by atoms with Crippen molar-refractivity contribution in [3.8, 4) is 5.75 Å². The highest BCUT2D eigenvalue weighted by Gasteiger charge is 2.38. The molecule has 0 aliphatic carbocycles. The third-order valence-corrected chi connectivity index (χ3v) is 5.01. The van der Waals surface area contributed by atoms with Crippen LogP contribution in [0.25, 0.3) is 0 Å². The average Bonchev–Trinajstić information content (AvgIpc) is 3.03. The number of amides is 2. The molecule has 2 heterocycles. The lowest BCUT2D eigenvalue weighted by molar-refractivity contribution is -0.146. The fourth-order valence-electron chi connectivity index (χ4n) is 3.49. The lowest BCUT2D eigenvalue weighted by Crippen LogP contribution is -2.43. The van der Waals surface area contributed by atoms with E-state index in [0.717, 1.165) is 5.69 Å². The third-order valence-electron chi connectivity index (χ3n) is 5.01. The second kappa shape index (κ2) is 7.13. The number of carboxylic acids is 1. The number of ether oxygens (including phenoxy) is 1. The number of piperidine rings is 1. The Balaban J connectivity index is 1.62. The first-order valence-corrected chi connectivity index (χ1v) is 8.45. The number of carbonyl (C=O) groups excluding carboxylic acids is 2. The van der Waals surface area contributed by atoms with E-state index >= 15 is 0 Å². The SMILES string of the molecule is COc1ccc(N2CC(C(=O)N3CCC(C(=O)O)CC3)CC2=O)cc1. The number of hydrogen-bond donors (Lipinski definition) is 1. The molecule has 0 spiro atoms. The number of carboxylic acid groups (broad SMARTS) is 1. The molecular formula is C18H22N2O5. The molecule has 2 fully saturated rings. The van der Waals surface area contributed by atoms with Gasteiger partial charge in [0.05, 0.1) is 18.9 Å². The molecule has 0 saturated carbocycles. The zero-order valence-electron chi connectivity index (χ0n) is 14.2. The van der Waals surface area contributed by atoms with E-state index in [4.69, 9.17) is 9.84 Å². The minimum atomic E-state index is -0.797. The Hall–Kier alpha value is -2.57. The molecule has 2 aliphatic rings. The summed E-state index contributed by atoms with van der Waals surface area (Å²) in [5.41, 5.74) is 0.755. The molecule has 7 heteroatoms. The van der Waals surface area contributed by atoms with Crippen LogP contribution in [-0.4, -0.2) is 54.5 Å². The molecule has 1 aromatic rings. The highest BCUT2D eigenvalue weighted by Crippen LogP contribution is 2.29. The predicted molar refractivity (Wildman–Crippen MR) is 90.4 cm³/mol. The Kier molecular flexibility index (Phi) is 4.92. The van der Waals surface area contributed by atoms with Crippen molar-refractivity contribution >= 4 is 23.5 Å². The van der Waals surface area contributed by atoms with Crippen molar-refractivity contribution in [3.63, 3.8) is 0 Å². The zero-order valence-corrected chi connectivity index (χ0v) is 14.2. The van der Waals surface area contributed by atoms with Crippen molar-refractivity contribution in [1.29, 1.82) is 0 Å². The Morgan fingerprint density at radius 1 is 1.12 bits per heavy atom. The van der Waals surface area contributed by atoms with Crippen molar-refractivity contribution < 1.29 is 24.2 Å². The Morgan fingerprint density at radius 3 is 2.32 bits per heavy atom. The summed E-state index contributed by atoms with van der Waals surface area (Å²) in [5, 5.41) is 9.04. The van der Waals surface area contributed by atoms with Crippen LogP contribution in [0.2, 0.25) is 0 Å². The normalized spacial score (nSPS) is 21.5. The van der Waals surface area contributed by atoms with Crippen LogP contribution in [0.15, 0.2) is 24.3 Å². The molecular weight excluding hydrogens is 324 g/mol. The second-order valence-corrected chi connectivity index (χ2v) is 6.54. The largest absolute Gasteiger partial charge is 0.497 e. The van der Waals surface area contributed by atoms with E-state index < -0.39 is 5.97 Å². The van der Waals surface area contributed by atoms with Gasteiger partial charge in [-0.05, 0) is 37.1 Å². The Bertz CT molecular complexity index is 665. The van der Waals surface area contributed by atoms with Crippen LogP contribution in [0.1, 0.15) is 19.3 Å². The van der Waals surface area contributed by atoms with E-state index in [2.05, 4.69) is 0 Å². The van der Waals surface area contributed by atoms with Gasteiger partial charge in [0.2, 0.25) is 11.8 Å². The number of aliphatic carboxylic acids is 1. The maximum absolute atomic E-state index is 12.7. The van der Waals surface area contributed by atoms with Crippen LogP contribution < -0.4 is 9.64 Å². The summed E-state index contributed by atoms with van der Waals surface area (Å²) in [6.45, 7) is 1.26. The van der Waals surface area contributed by atoms with Gasteiger partial charge in [-0.2, -0.15) is 0 Å². The number of methoxy groups -OCH3 is 1. The van der Waals surface area contributed by atoms with Gasteiger partial charge in [-0.1, -0.05) is 0 Å². The summed E-state index contributed by atoms with van der Waals surface area (Å²) in [5.74, 6) is -0.934. The van der Waals surface area contributed by atoms with E-state index in [-0.39, 0.29) is 30.1 Å². The van der Waals surface area contributed by atoms with E-state index in [0.29, 0.717) is 38.2 Å². The third kappa shape index (κ3) is 3.60. The number of hydrogen-bond acceptors (Lipinski definition) is 4. The van der Waals surface area contributed by atoms with Gasteiger partial charge in [-0.15, -0.1) is 0 Å². The smallest absolute Gasteiger partial charge is 0.306 e. The van der Waals surface area contributed by atoms with Gasteiger partial charge in [0, 0.05) is 31.7 Å². The van der Waals surface area contributed by atoms with E-state index in [1.54, 1.807) is 29.0 Å². The molecule has 2 saturated heterocycles. The number of nitrogens with zero attached hydrogens (tertiary/aromatic N) is 2. The van der Waals surface area contributed by atoms with Crippen molar-refractivity contribution in [1.82, 2.24) is 4.90 Å². The quantitative estimate of drug-likeness (QED) is 0.890. The molecule has 2 amide bonds. The van der Waals surface area contributed by atoms with Crippen LogP contribution in [0.3, 0.4) is 0 Å². The van der Waals surface area contributed by atoms with Crippen molar-refractivity contribution in [2.24, 2.45) is 11.8 Å². The molecule has 7 nitrogen and oxygen atoms in total. The molecule has 3 rings (SSSR count). The van der Waals surface area contributed by atoms with Crippen molar-refractivity contribution in [2.45, 2.75) is 19.3 Å². The minimum Gasteiger partial charge on any atom is -0.497 e. The molecule has 0 bridgehead atoms. The lowest BCUT2D eigenvalue weighted by atomic mass is 9.95. The zero-order chi connectivity index (χ0) is 18.0. The van der Waals surface area contributed by atoms with Crippen LogP contribution >= 0.6 is 0 Å². The fraction of sp³-hybridized carbons (Fsp3) is 0.500. The first-order valence-electron chi connectivity index (χ1n) is 8.45. The number of rotatable bonds is 4. The molecule has 1 N–H and O–H groups in total.